The summed E-state index contributed by atoms with van der Waals surface area (Å²) >= 11 is 13.7. The average molecular weight is 906 g/mol. The average Bonchev–Trinajstić information content (AvgIpc) is 4.08. The van der Waals surface area contributed by atoms with E-state index >= 15 is 0 Å². The summed E-state index contributed by atoms with van der Waals surface area (Å²) in [5, 5.41) is 9.60. The molecule has 0 aromatic carbocycles. The highest BCUT2D eigenvalue weighted by Gasteiger charge is 2.25. The molecule has 0 atom stereocenters. The standard InChI is InChI=1S/C48H59NO2S7/c1-5-8-11-14-16-18-21-33-30-35(32-36(49-4)48(50)51)54-43(33)39-26-27-40(56-39)44-34(22-19-17-15-12-9-6-2)31-42(58-44)37-24-25-41(55-37)46-47-45(52-28-29-53-47)38(57-46)23-20-13-10-7-3/h24-27,30-32H,5-23,28-29H2,1-3H3,(H,50,51)/b36-32-. The molecule has 5 aromatic heterocycles. The molecule has 58 heavy (non-hydrogen) atoms. The molecule has 6 rings (SSSR count). The van der Waals surface area contributed by atoms with E-state index in [0.29, 0.717) is 0 Å². The van der Waals surface area contributed by atoms with Crippen LogP contribution in [0.3, 0.4) is 0 Å². The second kappa shape index (κ2) is 23.8. The van der Waals surface area contributed by atoms with Gasteiger partial charge in [0.1, 0.15) is 0 Å². The molecule has 0 spiro atoms. The van der Waals surface area contributed by atoms with Crippen molar-refractivity contribution in [1.82, 2.24) is 0 Å². The Hall–Kier alpha value is -2.10. The lowest BCUT2D eigenvalue weighted by atomic mass is 10.0. The number of carbonyl (C=O) groups is 1. The SMILES string of the molecule is [C-]#[N+]/C(=C\c1cc(CCCCCCCC)c(-c2ccc(-c3sc(-c4ccc(-c5sc(CCCCCC)c6c5SCCS6)s4)cc3CCCCCCCC)s2)s1)C(=O)O. The van der Waals surface area contributed by atoms with Gasteiger partial charge in [0.2, 0.25) is 0 Å². The van der Waals surface area contributed by atoms with E-state index in [-0.39, 0.29) is 5.70 Å². The van der Waals surface area contributed by atoms with Crippen molar-refractivity contribution in [2.45, 2.75) is 153 Å². The van der Waals surface area contributed by atoms with Gasteiger partial charge in [-0.25, -0.2) is 4.85 Å². The van der Waals surface area contributed by atoms with Crippen LogP contribution in [0.5, 0.6) is 0 Å². The minimum absolute atomic E-state index is 0.229. The summed E-state index contributed by atoms with van der Waals surface area (Å²) < 4.78 is 0. The van der Waals surface area contributed by atoms with Gasteiger partial charge in [-0.05, 0) is 92.1 Å². The predicted octanol–water partition coefficient (Wildman–Crippen LogP) is 18.1. The predicted molar refractivity (Wildman–Crippen MR) is 263 cm³/mol. The van der Waals surface area contributed by atoms with Crippen LogP contribution < -0.4 is 0 Å². The Morgan fingerprint density at radius 1 is 0.586 bits per heavy atom. The summed E-state index contributed by atoms with van der Waals surface area (Å²) in [7, 11) is 0. The number of carboxylic acids is 1. The first-order valence-corrected chi connectivity index (χ1v) is 27.7. The monoisotopic (exact) mass is 905 g/mol. The number of hydrogen-bond donors (Lipinski definition) is 1. The fourth-order valence-corrected chi connectivity index (χ4v) is 16.8. The third-order valence-electron chi connectivity index (χ3n) is 10.7. The maximum absolute atomic E-state index is 11.7. The first kappa shape index (κ1) is 45.4. The Morgan fingerprint density at radius 2 is 1.09 bits per heavy atom. The topological polar surface area (TPSA) is 41.7 Å². The summed E-state index contributed by atoms with van der Waals surface area (Å²) in [5.41, 5.74) is 2.52. The number of thioether (sulfide) groups is 2. The van der Waals surface area contributed by atoms with Crippen molar-refractivity contribution in [2.24, 2.45) is 0 Å². The van der Waals surface area contributed by atoms with Gasteiger partial charge in [0.05, 0.1) is 11.4 Å². The van der Waals surface area contributed by atoms with E-state index in [1.807, 2.05) is 34.0 Å². The van der Waals surface area contributed by atoms with Gasteiger partial charge in [0.25, 0.3) is 5.70 Å². The van der Waals surface area contributed by atoms with Crippen molar-refractivity contribution < 1.29 is 9.90 Å². The number of rotatable bonds is 25. The smallest absolute Gasteiger partial charge is 0.333 e. The fourth-order valence-electron chi connectivity index (χ4n) is 7.55. The van der Waals surface area contributed by atoms with Crippen LogP contribution in [0, 0.1) is 6.57 Å². The lowest BCUT2D eigenvalue weighted by Crippen LogP contribution is -1.94. The van der Waals surface area contributed by atoms with Crippen molar-refractivity contribution in [3.05, 3.63) is 74.4 Å². The molecule has 0 amide bonds. The molecule has 0 fully saturated rings. The third-order valence-corrected chi connectivity index (χ3v) is 20.1. The van der Waals surface area contributed by atoms with Crippen LogP contribution in [0.4, 0.5) is 0 Å². The van der Waals surface area contributed by atoms with Gasteiger partial charge >= 0.3 is 5.97 Å². The lowest BCUT2D eigenvalue weighted by molar-refractivity contribution is -0.132. The Bertz CT molecular complexity index is 2130. The van der Waals surface area contributed by atoms with Gasteiger partial charge in [-0.15, -0.1) is 80.2 Å². The first-order valence-electron chi connectivity index (χ1n) is 21.6. The zero-order valence-corrected chi connectivity index (χ0v) is 40.3. The van der Waals surface area contributed by atoms with Crippen LogP contribution in [-0.2, 0) is 24.1 Å². The van der Waals surface area contributed by atoms with Crippen molar-refractivity contribution >= 4 is 92.3 Å². The summed E-state index contributed by atoms with van der Waals surface area (Å²) in [5.74, 6) is 1.25. The molecule has 0 radical (unpaired) electrons. The highest BCUT2D eigenvalue weighted by atomic mass is 32.2. The Morgan fingerprint density at radius 3 is 1.71 bits per heavy atom. The molecule has 1 aliphatic heterocycles. The quantitative estimate of drug-likeness (QED) is 0.0360. The number of nitrogens with zero attached hydrogens (tertiary/aromatic N) is 1. The minimum Gasteiger partial charge on any atom is -0.486 e. The van der Waals surface area contributed by atoms with E-state index in [4.69, 9.17) is 6.57 Å². The van der Waals surface area contributed by atoms with E-state index in [9.17, 15) is 9.90 Å². The minimum atomic E-state index is -1.17. The molecule has 1 aliphatic rings. The molecule has 0 saturated heterocycles. The number of carboxylic acid groups (broad SMARTS) is 1. The van der Waals surface area contributed by atoms with Crippen LogP contribution in [0.15, 0.2) is 51.9 Å². The molecule has 3 nitrogen and oxygen atoms in total. The van der Waals surface area contributed by atoms with Crippen LogP contribution in [0.25, 0.3) is 49.9 Å². The van der Waals surface area contributed by atoms with Crippen molar-refractivity contribution in [3.63, 3.8) is 0 Å². The number of aryl methyl sites for hydroxylation is 3. The largest absolute Gasteiger partial charge is 0.486 e. The molecule has 0 saturated carbocycles. The van der Waals surface area contributed by atoms with Gasteiger partial charge in [0, 0.05) is 65.2 Å². The molecule has 0 aliphatic carbocycles. The maximum atomic E-state index is 11.7. The summed E-state index contributed by atoms with van der Waals surface area (Å²) in [6, 6.07) is 14.0. The zero-order valence-electron chi connectivity index (χ0n) is 34.6. The summed E-state index contributed by atoms with van der Waals surface area (Å²) in [6.07, 6.45) is 25.2. The fraction of sp³-hybridized carbons (Fsp3) is 0.500. The second-order valence-corrected chi connectivity index (χ2v) is 22.9. The van der Waals surface area contributed by atoms with Gasteiger partial charge in [-0.1, -0.05) is 104 Å². The molecule has 0 unspecified atom stereocenters. The maximum Gasteiger partial charge on any atom is 0.333 e. The van der Waals surface area contributed by atoms with Crippen molar-refractivity contribution in [2.75, 3.05) is 11.5 Å². The van der Waals surface area contributed by atoms with E-state index in [0.717, 1.165) is 24.1 Å². The molecule has 6 heterocycles. The number of hydrogen-bond acceptors (Lipinski definition) is 8. The van der Waals surface area contributed by atoms with Gasteiger partial charge in [0.15, 0.2) is 0 Å². The van der Waals surface area contributed by atoms with Crippen molar-refractivity contribution in [3.8, 4) is 39.0 Å². The molecular weight excluding hydrogens is 847 g/mol. The molecule has 10 heteroatoms. The second-order valence-electron chi connectivity index (χ2n) is 15.3. The lowest BCUT2D eigenvalue weighted by Gasteiger charge is -2.13. The molecule has 1 N–H and O–H groups in total. The zero-order chi connectivity index (χ0) is 40.7. The number of fused-ring (bicyclic) bond motifs is 1. The summed E-state index contributed by atoms with van der Waals surface area (Å²) in [6.45, 7) is 14.3. The highest BCUT2D eigenvalue weighted by molar-refractivity contribution is 8.06. The van der Waals surface area contributed by atoms with E-state index < -0.39 is 5.97 Å². The van der Waals surface area contributed by atoms with Crippen molar-refractivity contribution in [1.29, 1.82) is 0 Å². The first-order chi connectivity index (χ1) is 28.4. The Balaban J connectivity index is 1.29. The van der Waals surface area contributed by atoms with Crippen LogP contribution in [0.1, 0.15) is 144 Å². The van der Waals surface area contributed by atoms with Crippen LogP contribution >= 0.6 is 80.2 Å². The molecule has 310 valence electrons. The van der Waals surface area contributed by atoms with Crippen LogP contribution in [0.2, 0.25) is 0 Å². The van der Waals surface area contributed by atoms with E-state index in [1.54, 1.807) is 32.1 Å². The molecule has 5 aromatic rings. The third kappa shape index (κ3) is 12.3. The Kier molecular flexibility index (Phi) is 18.6. The highest BCUT2D eigenvalue weighted by Crippen LogP contribution is 2.53. The van der Waals surface area contributed by atoms with E-state index in [2.05, 4.69) is 96.9 Å². The number of thiophene rings is 5. The summed E-state index contributed by atoms with van der Waals surface area (Å²) in [4.78, 5) is 31.5. The van der Waals surface area contributed by atoms with Gasteiger partial charge in [-0.2, -0.15) is 0 Å². The van der Waals surface area contributed by atoms with Crippen LogP contribution in [-0.4, -0.2) is 22.6 Å². The Labute approximate surface area is 376 Å². The van der Waals surface area contributed by atoms with E-state index in [1.165, 1.54) is 164 Å². The van der Waals surface area contributed by atoms with Gasteiger partial charge in [-0.3, -0.25) is 4.79 Å². The van der Waals surface area contributed by atoms with Gasteiger partial charge < -0.3 is 5.11 Å². The number of aliphatic carboxylic acids is 1. The normalized spacial score (nSPS) is 13.0. The molecule has 0 bridgehead atoms. The molecular formula is C48H59NO2S7. The number of unbranched alkanes of at least 4 members (excludes halogenated alkanes) is 13.